The van der Waals surface area contributed by atoms with Crippen molar-refractivity contribution in [3.8, 4) is 11.7 Å². The van der Waals surface area contributed by atoms with Gasteiger partial charge in [-0.2, -0.15) is 13.2 Å². The van der Waals surface area contributed by atoms with Crippen LogP contribution in [0.15, 0.2) is 39.9 Å². The highest BCUT2D eigenvalue weighted by Gasteiger charge is 2.31. The number of aryl methyl sites for hydroxylation is 1. The van der Waals surface area contributed by atoms with Gasteiger partial charge in [-0.05, 0) is 19.1 Å². The number of hydrogen-bond donors (Lipinski definition) is 0. The molecule has 114 valence electrons. The number of alkyl halides is 3. The van der Waals surface area contributed by atoms with E-state index < -0.39 is 12.7 Å². The van der Waals surface area contributed by atoms with Gasteiger partial charge in [-0.15, -0.1) is 6.58 Å². The Kier molecular flexibility index (Phi) is 4.52. The Bertz CT molecular complexity index is 588. The highest BCUT2D eigenvalue weighted by molar-refractivity contribution is 5.44. The molecule has 0 N–H and O–H groups in total. The predicted octanol–water partition coefficient (Wildman–Crippen LogP) is 3.79. The number of aromatic nitrogens is 1. The average Bonchev–Trinajstić information content (AvgIpc) is 2.98. The Hall–Kier alpha value is -2.02. The van der Waals surface area contributed by atoms with Gasteiger partial charge in [0.2, 0.25) is 0 Å². The standard InChI is InChI=1S/C14H15F3N2O2/c1-3-6-19(9-14(15,16)17)8-11-10(2)21-13(18-11)12-5-4-7-20-12/h3-5,7H,1,6,8-9H2,2H3. The summed E-state index contributed by atoms with van der Waals surface area (Å²) in [6.07, 6.45) is -1.37. The van der Waals surface area contributed by atoms with E-state index in [-0.39, 0.29) is 19.0 Å². The molecule has 0 radical (unpaired) electrons. The third-order valence-corrected chi connectivity index (χ3v) is 2.79. The van der Waals surface area contributed by atoms with Gasteiger partial charge in [0.1, 0.15) is 5.76 Å². The number of hydrogen-bond acceptors (Lipinski definition) is 4. The molecule has 0 spiro atoms. The number of halogens is 3. The highest BCUT2D eigenvalue weighted by atomic mass is 19.4. The van der Waals surface area contributed by atoms with E-state index in [9.17, 15) is 13.2 Å². The van der Waals surface area contributed by atoms with Gasteiger partial charge in [-0.3, -0.25) is 4.90 Å². The van der Waals surface area contributed by atoms with E-state index in [0.717, 1.165) is 0 Å². The fraction of sp³-hybridized carbons (Fsp3) is 0.357. The molecule has 2 aromatic rings. The summed E-state index contributed by atoms with van der Waals surface area (Å²) in [5.41, 5.74) is 0.451. The van der Waals surface area contributed by atoms with Crippen molar-refractivity contribution in [1.82, 2.24) is 9.88 Å². The second-order valence-electron chi connectivity index (χ2n) is 4.57. The monoisotopic (exact) mass is 300 g/mol. The van der Waals surface area contributed by atoms with E-state index in [4.69, 9.17) is 8.83 Å². The second-order valence-corrected chi connectivity index (χ2v) is 4.57. The summed E-state index contributed by atoms with van der Waals surface area (Å²) in [5, 5.41) is 0. The van der Waals surface area contributed by atoms with Gasteiger partial charge in [0.05, 0.1) is 18.5 Å². The van der Waals surface area contributed by atoms with Crippen LogP contribution in [0.25, 0.3) is 11.7 Å². The fourth-order valence-corrected chi connectivity index (χ4v) is 1.91. The van der Waals surface area contributed by atoms with Crippen molar-refractivity contribution in [3.05, 3.63) is 42.5 Å². The van der Waals surface area contributed by atoms with Crippen molar-refractivity contribution < 1.29 is 22.0 Å². The van der Waals surface area contributed by atoms with Crippen molar-refractivity contribution in [2.75, 3.05) is 13.1 Å². The molecule has 0 aromatic carbocycles. The maximum atomic E-state index is 12.5. The largest absolute Gasteiger partial charge is 0.459 e. The maximum absolute atomic E-state index is 12.5. The molecule has 0 saturated carbocycles. The summed E-state index contributed by atoms with van der Waals surface area (Å²) in [7, 11) is 0. The summed E-state index contributed by atoms with van der Waals surface area (Å²) < 4.78 is 48.2. The van der Waals surface area contributed by atoms with Crippen LogP contribution in [0.3, 0.4) is 0 Å². The van der Waals surface area contributed by atoms with Gasteiger partial charge in [0.15, 0.2) is 5.76 Å². The molecule has 2 heterocycles. The van der Waals surface area contributed by atoms with E-state index in [1.54, 1.807) is 19.1 Å². The zero-order valence-corrected chi connectivity index (χ0v) is 11.5. The molecule has 0 aliphatic rings. The molecule has 0 aliphatic carbocycles. The van der Waals surface area contributed by atoms with Crippen LogP contribution in [0.2, 0.25) is 0 Å². The molecule has 2 rings (SSSR count). The Morgan fingerprint density at radius 2 is 2.19 bits per heavy atom. The predicted molar refractivity (Wildman–Crippen MR) is 70.5 cm³/mol. The quantitative estimate of drug-likeness (QED) is 0.761. The molecular weight excluding hydrogens is 285 g/mol. The first-order chi connectivity index (χ1) is 9.89. The molecule has 21 heavy (non-hydrogen) atoms. The van der Waals surface area contributed by atoms with Gasteiger partial charge in [-0.25, -0.2) is 4.98 Å². The van der Waals surface area contributed by atoms with Crippen molar-refractivity contribution in [1.29, 1.82) is 0 Å². The molecule has 0 bridgehead atoms. The minimum atomic E-state index is -4.27. The van der Waals surface area contributed by atoms with Crippen molar-refractivity contribution >= 4 is 0 Å². The van der Waals surface area contributed by atoms with Gasteiger partial charge >= 0.3 is 6.18 Å². The zero-order valence-electron chi connectivity index (χ0n) is 11.5. The van der Waals surface area contributed by atoms with E-state index in [1.807, 2.05) is 0 Å². The Morgan fingerprint density at radius 3 is 2.76 bits per heavy atom. The number of oxazole rings is 1. The van der Waals surface area contributed by atoms with E-state index in [0.29, 0.717) is 17.2 Å². The molecule has 4 nitrogen and oxygen atoms in total. The SMILES string of the molecule is C=CCN(Cc1nc(-c2ccco2)oc1C)CC(F)(F)F. The first-order valence-electron chi connectivity index (χ1n) is 6.29. The van der Waals surface area contributed by atoms with Gasteiger partial charge < -0.3 is 8.83 Å². The Morgan fingerprint density at radius 1 is 1.43 bits per heavy atom. The van der Waals surface area contributed by atoms with Gasteiger partial charge in [-0.1, -0.05) is 6.08 Å². The summed E-state index contributed by atoms with van der Waals surface area (Å²) in [5.74, 6) is 1.17. The summed E-state index contributed by atoms with van der Waals surface area (Å²) >= 11 is 0. The molecule has 0 fully saturated rings. The number of rotatable bonds is 6. The second kappa shape index (κ2) is 6.17. The molecule has 0 aliphatic heterocycles. The highest BCUT2D eigenvalue weighted by Crippen LogP contribution is 2.24. The van der Waals surface area contributed by atoms with Crippen LogP contribution < -0.4 is 0 Å². The summed E-state index contributed by atoms with van der Waals surface area (Å²) in [4.78, 5) is 5.40. The normalized spacial score (nSPS) is 12.0. The molecule has 7 heteroatoms. The maximum Gasteiger partial charge on any atom is 0.401 e. The van der Waals surface area contributed by atoms with Crippen LogP contribution in [-0.4, -0.2) is 29.1 Å². The van der Waals surface area contributed by atoms with Crippen LogP contribution >= 0.6 is 0 Å². The first-order valence-corrected chi connectivity index (χ1v) is 6.29. The van der Waals surface area contributed by atoms with Crippen LogP contribution in [0.4, 0.5) is 13.2 Å². The smallest absolute Gasteiger partial charge is 0.401 e. The van der Waals surface area contributed by atoms with Crippen molar-refractivity contribution in [2.45, 2.75) is 19.6 Å². The molecule has 0 unspecified atom stereocenters. The van der Waals surface area contributed by atoms with Crippen LogP contribution in [-0.2, 0) is 6.54 Å². The lowest BCUT2D eigenvalue weighted by Crippen LogP contribution is -2.34. The zero-order chi connectivity index (χ0) is 15.5. The van der Waals surface area contributed by atoms with Crippen molar-refractivity contribution in [2.24, 2.45) is 0 Å². The third-order valence-electron chi connectivity index (χ3n) is 2.79. The fourth-order valence-electron chi connectivity index (χ4n) is 1.91. The Balaban J connectivity index is 2.15. The topological polar surface area (TPSA) is 42.4 Å². The van der Waals surface area contributed by atoms with E-state index in [2.05, 4.69) is 11.6 Å². The third kappa shape index (κ3) is 4.22. The summed E-state index contributed by atoms with van der Waals surface area (Å²) in [6.45, 7) is 4.25. The average molecular weight is 300 g/mol. The van der Waals surface area contributed by atoms with E-state index in [1.165, 1.54) is 17.2 Å². The molecule has 2 aromatic heterocycles. The lowest BCUT2D eigenvalue weighted by molar-refractivity contribution is -0.146. The van der Waals surface area contributed by atoms with E-state index >= 15 is 0 Å². The lowest BCUT2D eigenvalue weighted by atomic mass is 10.3. The molecular formula is C14H15F3N2O2. The van der Waals surface area contributed by atoms with Crippen LogP contribution in [0.5, 0.6) is 0 Å². The minimum absolute atomic E-state index is 0.0293. The molecule has 0 amide bonds. The summed E-state index contributed by atoms with van der Waals surface area (Å²) in [6, 6.07) is 3.36. The lowest BCUT2D eigenvalue weighted by Gasteiger charge is -2.21. The van der Waals surface area contributed by atoms with Crippen LogP contribution in [0.1, 0.15) is 11.5 Å². The number of furan rings is 1. The van der Waals surface area contributed by atoms with Crippen molar-refractivity contribution in [3.63, 3.8) is 0 Å². The minimum Gasteiger partial charge on any atom is -0.459 e. The van der Waals surface area contributed by atoms with Crippen LogP contribution in [0, 0.1) is 6.92 Å². The first kappa shape index (κ1) is 15.4. The molecule has 0 atom stereocenters. The number of nitrogens with zero attached hydrogens (tertiary/aromatic N) is 2. The Labute approximate surface area is 119 Å². The molecule has 0 saturated heterocycles. The van der Waals surface area contributed by atoms with Gasteiger partial charge in [0.25, 0.3) is 5.89 Å². The van der Waals surface area contributed by atoms with Gasteiger partial charge in [0, 0.05) is 13.1 Å².